The topological polar surface area (TPSA) is 78.9 Å². The molecule has 0 amide bonds. The molecule has 0 unspecified atom stereocenters. The van der Waals surface area contributed by atoms with E-state index < -0.39 is 6.10 Å². The van der Waals surface area contributed by atoms with Crippen LogP contribution in [-0.2, 0) is 28.6 Å². The van der Waals surface area contributed by atoms with Gasteiger partial charge in [-0.2, -0.15) is 0 Å². The van der Waals surface area contributed by atoms with E-state index in [0.29, 0.717) is 19.3 Å². The van der Waals surface area contributed by atoms with Gasteiger partial charge >= 0.3 is 17.9 Å². The fraction of sp³-hybridized carbons (Fsp3) is 0.906. The molecule has 1 atom stereocenters. The lowest BCUT2D eigenvalue weighted by atomic mass is 10.0. The molecule has 0 saturated heterocycles. The van der Waals surface area contributed by atoms with Gasteiger partial charge in [-0.15, -0.1) is 0 Å². The summed E-state index contributed by atoms with van der Waals surface area (Å²) in [4.78, 5) is 37.9. The van der Waals surface area contributed by atoms with Gasteiger partial charge < -0.3 is 14.2 Å². The van der Waals surface area contributed by atoms with Gasteiger partial charge in [0.1, 0.15) is 13.2 Å². The molecule has 0 radical (unpaired) electrons. The van der Waals surface area contributed by atoms with Gasteiger partial charge in [-0.1, -0.05) is 238 Å². The highest BCUT2D eigenvalue weighted by Crippen LogP contribution is 2.16. The summed E-state index contributed by atoms with van der Waals surface area (Å²) in [5.74, 6) is -0.859. The van der Waals surface area contributed by atoms with E-state index in [1.54, 1.807) is 0 Å². The van der Waals surface area contributed by atoms with Gasteiger partial charge in [0.15, 0.2) is 6.10 Å². The second-order valence-electron chi connectivity index (χ2n) is 17.8. The molecule has 0 rings (SSSR count). The van der Waals surface area contributed by atoms with Crippen LogP contribution in [-0.4, -0.2) is 37.2 Å². The summed E-state index contributed by atoms with van der Waals surface area (Å²) >= 11 is 0. The summed E-state index contributed by atoms with van der Waals surface area (Å²) in [5.41, 5.74) is 0. The first-order valence-electron chi connectivity index (χ1n) is 26.2. The predicted octanol–water partition coefficient (Wildman–Crippen LogP) is 17.0. The molecule has 0 aliphatic rings. The van der Waals surface area contributed by atoms with Crippen molar-refractivity contribution in [2.24, 2.45) is 0 Å². The zero-order valence-electron chi connectivity index (χ0n) is 39.8. The third-order valence-corrected chi connectivity index (χ3v) is 11.8. The molecular weight excluding hydrogens is 733 g/mol. The minimum absolute atomic E-state index is 0.0673. The van der Waals surface area contributed by atoms with Gasteiger partial charge in [0, 0.05) is 19.3 Å². The largest absolute Gasteiger partial charge is 0.462 e. The summed E-state index contributed by atoms with van der Waals surface area (Å²) in [5, 5.41) is 0. The van der Waals surface area contributed by atoms with E-state index >= 15 is 0 Å². The monoisotopic (exact) mass is 833 g/mol. The van der Waals surface area contributed by atoms with Crippen molar-refractivity contribution in [1.82, 2.24) is 0 Å². The Morgan fingerprint density at radius 2 is 0.559 bits per heavy atom. The molecule has 0 fully saturated rings. The van der Waals surface area contributed by atoms with E-state index in [-0.39, 0.29) is 31.1 Å². The number of hydrogen-bond donors (Lipinski definition) is 0. The number of carbonyl (C=O) groups excluding carboxylic acids is 3. The highest BCUT2D eigenvalue weighted by Gasteiger charge is 2.19. The fourth-order valence-corrected chi connectivity index (χ4v) is 7.79. The smallest absolute Gasteiger partial charge is 0.306 e. The molecule has 0 aliphatic heterocycles. The average molecular weight is 833 g/mol. The van der Waals surface area contributed by atoms with Crippen LogP contribution in [0.25, 0.3) is 0 Å². The van der Waals surface area contributed by atoms with E-state index in [9.17, 15) is 14.4 Å². The van der Waals surface area contributed by atoms with Gasteiger partial charge in [-0.25, -0.2) is 0 Å². The van der Waals surface area contributed by atoms with Crippen molar-refractivity contribution in [3.8, 4) is 0 Å². The molecule has 348 valence electrons. The molecule has 59 heavy (non-hydrogen) atoms. The molecular formula is C53H100O6. The summed E-state index contributed by atoms with van der Waals surface area (Å²) in [6, 6.07) is 0. The summed E-state index contributed by atoms with van der Waals surface area (Å²) in [7, 11) is 0. The van der Waals surface area contributed by atoms with Gasteiger partial charge in [-0.05, 0) is 44.9 Å². The van der Waals surface area contributed by atoms with Crippen LogP contribution in [0.3, 0.4) is 0 Å². The molecule has 0 aromatic carbocycles. The Bertz CT molecular complexity index is 916. The number of ether oxygens (including phenoxy) is 3. The standard InChI is InChI=1S/C53H100O6/c1-4-7-10-13-16-19-22-24-26-28-31-34-37-40-43-46-52(55)58-49-50(48-57-51(54)45-42-39-36-33-30-21-18-15-12-9-6-3)59-53(56)47-44-41-38-35-32-29-27-25-23-20-17-14-11-8-5-2/h24,26,50H,4-23,25,27-49H2,1-3H3/b26-24-/t50-/m0/s1. The van der Waals surface area contributed by atoms with E-state index in [4.69, 9.17) is 14.2 Å². The van der Waals surface area contributed by atoms with Crippen LogP contribution < -0.4 is 0 Å². The molecule has 0 aromatic rings. The van der Waals surface area contributed by atoms with Crippen molar-refractivity contribution in [1.29, 1.82) is 0 Å². The number of unbranched alkanes of at least 4 members (excludes halogenated alkanes) is 35. The van der Waals surface area contributed by atoms with Gasteiger partial charge in [0.2, 0.25) is 0 Å². The second-order valence-corrected chi connectivity index (χ2v) is 17.8. The SMILES string of the molecule is CCCCCCCC/C=C\CCCCCCCC(=O)OC[C@H](COC(=O)CCCCCCCCCCCCC)OC(=O)CCCCCCCCCCCCCCCCC. The Hall–Kier alpha value is -1.85. The summed E-state index contributed by atoms with van der Waals surface area (Å²) in [6.07, 6.45) is 53.3. The van der Waals surface area contributed by atoms with Crippen molar-refractivity contribution in [2.75, 3.05) is 13.2 Å². The maximum absolute atomic E-state index is 12.8. The van der Waals surface area contributed by atoms with Gasteiger partial charge in [0.05, 0.1) is 0 Å². The first-order chi connectivity index (χ1) is 29.0. The maximum atomic E-state index is 12.8. The van der Waals surface area contributed by atoms with Crippen LogP contribution in [0, 0.1) is 0 Å². The van der Waals surface area contributed by atoms with Crippen LogP contribution >= 0.6 is 0 Å². The second kappa shape index (κ2) is 48.8. The van der Waals surface area contributed by atoms with E-state index in [1.165, 1.54) is 186 Å². The van der Waals surface area contributed by atoms with Crippen molar-refractivity contribution < 1.29 is 28.6 Å². The van der Waals surface area contributed by atoms with E-state index in [2.05, 4.69) is 32.9 Å². The van der Waals surface area contributed by atoms with Gasteiger partial charge in [0.25, 0.3) is 0 Å². The minimum Gasteiger partial charge on any atom is -0.462 e. The number of esters is 3. The van der Waals surface area contributed by atoms with E-state index in [1.807, 2.05) is 0 Å². The molecule has 0 spiro atoms. The van der Waals surface area contributed by atoms with Crippen molar-refractivity contribution in [3.05, 3.63) is 12.2 Å². The molecule has 0 bridgehead atoms. The first kappa shape index (κ1) is 57.1. The number of hydrogen-bond acceptors (Lipinski definition) is 6. The Kier molecular flexibility index (Phi) is 47.3. The van der Waals surface area contributed by atoms with Crippen LogP contribution in [0.2, 0.25) is 0 Å². The lowest BCUT2D eigenvalue weighted by Crippen LogP contribution is -2.30. The molecule has 0 N–H and O–H groups in total. The maximum Gasteiger partial charge on any atom is 0.306 e. The minimum atomic E-state index is -0.766. The lowest BCUT2D eigenvalue weighted by molar-refractivity contribution is -0.167. The molecule has 0 heterocycles. The van der Waals surface area contributed by atoms with Crippen LogP contribution in [0.1, 0.15) is 290 Å². The van der Waals surface area contributed by atoms with E-state index in [0.717, 1.165) is 64.2 Å². The quantitative estimate of drug-likeness (QED) is 0.0263. The summed E-state index contributed by atoms with van der Waals surface area (Å²) in [6.45, 7) is 6.65. The van der Waals surface area contributed by atoms with Crippen LogP contribution in [0.5, 0.6) is 0 Å². The van der Waals surface area contributed by atoms with Crippen molar-refractivity contribution in [2.45, 2.75) is 297 Å². The normalized spacial score (nSPS) is 12.0. The van der Waals surface area contributed by atoms with Crippen molar-refractivity contribution >= 4 is 17.9 Å². The average Bonchev–Trinajstić information content (AvgIpc) is 3.23. The third kappa shape index (κ3) is 47.1. The third-order valence-electron chi connectivity index (χ3n) is 11.8. The lowest BCUT2D eigenvalue weighted by Gasteiger charge is -2.18. The zero-order valence-corrected chi connectivity index (χ0v) is 39.8. The number of rotatable bonds is 48. The molecule has 6 heteroatoms. The number of carbonyl (C=O) groups is 3. The van der Waals surface area contributed by atoms with Crippen molar-refractivity contribution in [3.63, 3.8) is 0 Å². The Balaban J connectivity index is 4.32. The Morgan fingerprint density at radius 1 is 0.322 bits per heavy atom. The zero-order chi connectivity index (χ0) is 43.0. The first-order valence-corrected chi connectivity index (χ1v) is 26.2. The Morgan fingerprint density at radius 3 is 0.847 bits per heavy atom. The predicted molar refractivity (Wildman–Crippen MR) is 252 cm³/mol. The highest BCUT2D eigenvalue weighted by atomic mass is 16.6. The molecule has 6 nitrogen and oxygen atoms in total. The Labute approximate surface area is 367 Å². The fourth-order valence-electron chi connectivity index (χ4n) is 7.79. The summed E-state index contributed by atoms with van der Waals surface area (Å²) < 4.78 is 16.8. The molecule has 0 aromatic heterocycles. The number of allylic oxidation sites excluding steroid dienone is 2. The van der Waals surface area contributed by atoms with Gasteiger partial charge in [-0.3, -0.25) is 14.4 Å². The molecule has 0 saturated carbocycles. The van der Waals surface area contributed by atoms with Crippen LogP contribution in [0.4, 0.5) is 0 Å². The van der Waals surface area contributed by atoms with Crippen LogP contribution in [0.15, 0.2) is 12.2 Å². The highest BCUT2D eigenvalue weighted by molar-refractivity contribution is 5.71. The molecule has 0 aliphatic carbocycles.